The number of hydrogen-bond donors (Lipinski definition) is 0. The summed E-state index contributed by atoms with van der Waals surface area (Å²) in [5.74, 6) is 0. The second-order valence-corrected chi connectivity index (χ2v) is 2.71. The lowest BCUT2D eigenvalue weighted by molar-refractivity contribution is 1.60. The van der Waals surface area contributed by atoms with Crippen LogP contribution in [0.4, 0.5) is 0 Å². The molecule has 0 aliphatic carbocycles. The molecule has 0 aromatic heterocycles. The van der Waals surface area contributed by atoms with Crippen LogP contribution in [0.25, 0.3) is 6.08 Å². The standard InChI is InChI=1S/C9H6ClNS/c10-9-3-1-8(2-4-9)5-6-11-7-12/h1-6H/b6-5+. The molecule has 60 valence electrons. The van der Waals surface area contributed by atoms with Gasteiger partial charge in [0.05, 0.1) is 5.16 Å². The van der Waals surface area contributed by atoms with Crippen LogP contribution in [-0.2, 0) is 0 Å². The number of isothiocyanates is 1. The van der Waals surface area contributed by atoms with Gasteiger partial charge in [-0.2, -0.15) is 0 Å². The van der Waals surface area contributed by atoms with Crippen LogP contribution in [0.1, 0.15) is 5.56 Å². The third-order valence-electron chi connectivity index (χ3n) is 1.26. The molecule has 1 rings (SSSR count). The largest absolute Gasteiger partial charge is 0.203 e. The van der Waals surface area contributed by atoms with E-state index in [0.29, 0.717) is 0 Å². The predicted octanol–water partition coefficient (Wildman–Crippen LogP) is 3.41. The zero-order valence-corrected chi connectivity index (χ0v) is 7.77. The Hall–Kier alpha value is -0.950. The Labute approximate surface area is 81.4 Å². The van der Waals surface area contributed by atoms with Crippen LogP contribution in [0, 0.1) is 0 Å². The summed E-state index contributed by atoms with van der Waals surface area (Å²) in [6.45, 7) is 0. The van der Waals surface area contributed by atoms with Crippen molar-refractivity contribution in [2.75, 3.05) is 0 Å². The van der Waals surface area contributed by atoms with Crippen LogP contribution in [0.3, 0.4) is 0 Å². The molecule has 0 radical (unpaired) electrons. The average Bonchev–Trinajstić information content (AvgIpc) is 2.09. The summed E-state index contributed by atoms with van der Waals surface area (Å²) in [4.78, 5) is 3.64. The second-order valence-electron chi connectivity index (χ2n) is 2.09. The van der Waals surface area contributed by atoms with Gasteiger partial charge in [0.2, 0.25) is 0 Å². The van der Waals surface area contributed by atoms with Gasteiger partial charge in [0.25, 0.3) is 0 Å². The molecule has 0 saturated heterocycles. The lowest BCUT2D eigenvalue weighted by Gasteiger charge is -1.90. The monoisotopic (exact) mass is 195 g/mol. The van der Waals surface area contributed by atoms with Crippen molar-refractivity contribution in [3.8, 4) is 0 Å². The van der Waals surface area contributed by atoms with Crippen molar-refractivity contribution in [3.05, 3.63) is 41.1 Å². The Balaban J connectivity index is 2.77. The first-order chi connectivity index (χ1) is 5.83. The summed E-state index contributed by atoms with van der Waals surface area (Å²) in [6, 6.07) is 7.44. The maximum absolute atomic E-state index is 5.70. The fourth-order valence-electron chi connectivity index (χ4n) is 0.728. The highest BCUT2D eigenvalue weighted by molar-refractivity contribution is 7.78. The molecule has 0 aliphatic rings. The normalized spacial score (nSPS) is 9.75. The molecular weight excluding hydrogens is 190 g/mol. The van der Waals surface area contributed by atoms with Gasteiger partial charge in [0, 0.05) is 11.2 Å². The van der Waals surface area contributed by atoms with Crippen molar-refractivity contribution in [3.63, 3.8) is 0 Å². The zero-order chi connectivity index (χ0) is 8.81. The van der Waals surface area contributed by atoms with Crippen LogP contribution >= 0.6 is 23.8 Å². The number of aliphatic imine (C=N–C) groups is 1. The number of thiocarbonyl (C=S) groups is 1. The molecule has 0 saturated carbocycles. The highest BCUT2D eigenvalue weighted by atomic mass is 35.5. The first kappa shape index (κ1) is 9.14. The van der Waals surface area contributed by atoms with E-state index in [2.05, 4.69) is 22.4 Å². The van der Waals surface area contributed by atoms with E-state index >= 15 is 0 Å². The smallest absolute Gasteiger partial charge is 0.0634 e. The highest BCUT2D eigenvalue weighted by Crippen LogP contribution is 2.10. The Morgan fingerprint density at radius 3 is 2.58 bits per heavy atom. The van der Waals surface area contributed by atoms with Crippen molar-refractivity contribution in [2.45, 2.75) is 0 Å². The fraction of sp³-hybridized carbons (Fsp3) is 0. The Kier molecular flexibility index (Phi) is 3.68. The Morgan fingerprint density at radius 1 is 1.33 bits per heavy atom. The first-order valence-electron chi connectivity index (χ1n) is 3.32. The third kappa shape index (κ3) is 2.97. The molecule has 12 heavy (non-hydrogen) atoms. The number of halogens is 1. The van der Waals surface area contributed by atoms with Crippen molar-refractivity contribution >= 4 is 35.1 Å². The number of rotatable bonds is 2. The molecule has 0 spiro atoms. The highest BCUT2D eigenvalue weighted by Gasteiger charge is 1.85. The van der Waals surface area contributed by atoms with E-state index in [1.807, 2.05) is 30.3 Å². The number of benzene rings is 1. The third-order valence-corrected chi connectivity index (χ3v) is 1.62. The van der Waals surface area contributed by atoms with E-state index in [9.17, 15) is 0 Å². The SMILES string of the molecule is S=C=N/C=C/c1ccc(Cl)cc1. The minimum absolute atomic E-state index is 0.727. The molecule has 0 bridgehead atoms. The Bertz CT molecular complexity index is 323. The van der Waals surface area contributed by atoms with E-state index in [1.54, 1.807) is 6.20 Å². The summed E-state index contributed by atoms with van der Waals surface area (Å²) in [5.41, 5.74) is 1.04. The molecule has 1 aromatic rings. The predicted molar refractivity (Wildman–Crippen MR) is 55.5 cm³/mol. The van der Waals surface area contributed by atoms with E-state index in [4.69, 9.17) is 11.6 Å². The summed E-state index contributed by atoms with van der Waals surface area (Å²) in [6.07, 6.45) is 3.42. The van der Waals surface area contributed by atoms with Gasteiger partial charge in [-0.25, -0.2) is 4.99 Å². The summed E-state index contributed by atoms with van der Waals surface area (Å²) >= 11 is 10.1. The molecule has 1 aromatic carbocycles. The zero-order valence-electron chi connectivity index (χ0n) is 6.20. The van der Waals surface area contributed by atoms with Gasteiger partial charge >= 0.3 is 0 Å². The van der Waals surface area contributed by atoms with Gasteiger partial charge in [-0.05, 0) is 36.0 Å². The van der Waals surface area contributed by atoms with Gasteiger partial charge in [0.15, 0.2) is 0 Å². The molecule has 0 atom stereocenters. The van der Waals surface area contributed by atoms with Gasteiger partial charge < -0.3 is 0 Å². The average molecular weight is 196 g/mol. The molecule has 3 heteroatoms. The minimum Gasteiger partial charge on any atom is -0.203 e. The van der Waals surface area contributed by atoms with Crippen LogP contribution in [-0.4, -0.2) is 5.16 Å². The van der Waals surface area contributed by atoms with Gasteiger partial charge in [-0.3, -0.25) is 0 Å². The molecule has 0 aliphatic heterocycles. The van der Waals surface area contributed by atoms with Crippen molar-refractivity contribution in [2.24, 2.45) is 4.99 Å². The van der Waals surface area contributed by atoms with Crippen molar-refractivity contribution < 1.29 is 0 Å². The lowest BCUT2D eigenvalue weighted by atomic mass is 10.2. The summed E-state index contributed by atoms with van der Waals surface area (Å²) < 4.78 is 0. The Morgan fingerprint density at radius 2 is 2.00 bits per heavy atom. The van der Waals surface area contributed by atoms with Gasteiger partial charge in [-0.15, -0.1) is 0 Å². The van der Waals surface area contributed by atoms with Gasteiger partial charge in [-0.1, -0.05) is 23.7 Å². The number of nitrogens with zero attached hydrogens (tertiary/aromatic N) is 1. The number of hydrogen-bond acceptors (Lipinski definition) is 2. The molecule has 0 N–H and O–H groups in total. The molecule has 0 heterocycles. The van der Waals surface area contributed by atoms with E-state index in [-0.39, 0.29) is 0 Å². The molecule has 0 fully saturated rings. The van der Waals surface area contributed by atoms with Crippen LogP contribution < -0.4 is 0 Å². The summed E-state index contributed by atoms with van der Waals surface area (Å²) in [5, 5.41) is 2.97. The molecule has 0 unspecified atom stereocenters. The van der Waals surface area contributed by atoms with Gasteiger partial charge in [0.1, 0.15) is 0 Å². The minimum atomic E-state index is 0.727. The van der Waals surface area contributed by atoms with E-state index in [0.717, 1.165) is 10.6 Å². The van der Waals surface area contributed by atoms with Crippen LogP contribution in [0.2, 0.25) is 5.02 Å². The summed E-state index contributed by atoms with van der Waals surface area (Å²) in [7, 11) is 0. The van der Waals surface area contributed by atoms with Crippen LogP contribution in [0.5, 0.6) is 0 Å². The van der Waals surface area contributed by atoms with Crippen molar-refractivity contribution in [1.82, 2.24) is 0 Å². The fourth-order valence-corrected chi connectivity index (χ4v) is 0.915. The quantitative estimate of drug-likeness (QED) is 0.521. The topological polar surface area (TPSA) is 12.4 Å². The molecule has 0 amide bonds. The molecular formula is C9H6ClNS. The lowest BCUT2D eigenvalue weighted by Crippen LogP contribution is -1.68. The van der Waals surface area contributed by atoms with E-state index in [1.165, 1.54) is 0 Å². The maximum Gasteiger partial charge on any atom is 0.0634 e. The van der Waals surface area contributed by atoms with E-state index < -0.39 is 0 Å². The second kappa shape index (κ2) is 4.83. The maximum atomic E-state index is 5.70. The van der Waals surface area contributed by atoms with Crippen LogP contribution in [0.15, 0.2) is 35.5 Å². The van der Waals surface area contributed by atoms with Crippen molar-refractivity contribution in [1.29, 1.82) is 0 Å². The molecule has 1 nitrogen and oxygen atoms in total. The first-order valence-corrected chi connectivity index (χ1v) is 4.10.